The SMILES string of the molecule is Cc1ccc(-n2nc(C(C)(C)C)cc2NC(=O)Nc2cccc(CC3CC4CCC(C3)N4S(=O)(=O)C3=COC=C(C4=CC=CCC4)O3)c2)cc1. The van der Waals surface area contributed by atoms with Crippen molar-refractivity contribution in [3.63, 3.8) is 0 Å². The van der Waals surface area contributed by atoms with Gasteiger partial charge in [-0.15, -0.1) is 0 Å². The molecule has 2 unspecified atom stereocenters. The second-order valence-corrected chi connectivity index (χ2v) is 16.5. The zero-order valence-electron chi connectivity index (χ0n) is 29.1. The molecule has 3 aliphatic heterocycles. The number of anilines is 2. The molecule has 0 spiro atoms. The summed E-state index contributed by atoms with van der Waals surface area (Å²) in [5.74, 6) is 1.35. The van der Waals surface area contributed by atoms with E-state index in [0.29, 0.717) is 23.2 Å². The molecule has 2 N–H and O–H groups in total. The van der Waals surface area contributed by atoms with Gasteiger partial charge in [0, 0.05) is 29.3 Å². The number of fused-ring (bicyclic) bond motifs is 2. The highest BCUT2D eigenvalue weighted by Crippen LogP contribution is 2.44. The number of carbonyl (C=O) groups excluding carboxylic acids is 1. The van der Waals surface area contributed by atoms with Crippen molar-refractivity contribution in [1.82, 2.24) is 14.1 Å². The summed E-state index contributed by atoms with van der Waals surface area (Å²) < 4.78 is 42.6. The van der Waals surface area contributed by atoms with Crippen molar-refractivity contribution in [3.05, 3.63) is 119 Å². The normalized spacial score (nSPS) is 22.2. The first-order valence-electron chi connectivity index (χ1n) is 17.4. The van der Waals surface area contributed by atoms with Gasteiger partial charge in [-0.05, 0) is 93.2 Å². The predicted octanol–water partition coefficient (Wildman–Crippen LogP) is 8.20. The molecule has 0 saturated carbocycles. The highest BCUT2D eigenvalue weighted by molar-refractivity contribution is 7.92. The lowest BCUT2D eigenvalue weighted by Crippen LogP contribution is -2.47. The number of aromatic nitrogens is 2. The van der Waals surface area contributed by atoms with Crippen LogP contribution in [-0.2, 0) is 31.3 Å². The number of urea groups is 1. The summed E-state index contributed by atoms with van der Waals surface area (Å²) in [4.78, 5) is 13.3. The molecule has 0 radical (unpaired) electrons. The number of carbonyl (C=O) groups is 1. The summed E-state index contributed by atoms with van der Waals surface area (Å²) in [7, 11) is -3.86. The van der Waals surface area contributed by atoms with E-state index in [-0.39, 0.29) is 28.6 Å². The Morgan fingerprint density at radius 3 is 2.46 bits per heavy atom. The average Bonchev–Trinajstić information content (AvgIpc) is 3.64. The maximum atomic E-state index is 13.9. The monoisotopic (exact) mass is 695 g/mol. The molecule has 7 rings (SSSR count). The molecule has 2 amide bonds. The molecule has 2 saturated heterocycles. The van der Waals surface area contributed by atoms with Crippen LogP contribution in [0.1, 0.15) is 76.1 Å². The zero-order valence-corrected chi connectivity index (χ0v) is 29.9. The van der Waals surface area contributed by atoms with Crippen LogP contribution in [0.15, 0.2) is 102 Å². The predicted molar refractivity (Wildman–Crippen MR) is 195 cm³/mol. The van der Waals surface area contributed by atoms with Gasteiger partial charge in [0.1, 0.15) is 18.3 Å². The van der Waals surface area contributed by atoms with Crippen LogP contribution in [0.5, 0.6) is 0 Å². The second kappa shape index (κ2) is 13.6. The topological polar surface area (TPSA) is 115 Å². The van der Waals surface area contributed by atoms with Crippen molar-refractivity contribution in [2.45, 2.75) is 90.1 Å². The third kappa shape index (κ3) is 7.15. The third-order valence-corrected chi connectivity index (χ3v) is 11.7. The van der Waals surface area contributed by atoms with Crippen LogP contribution in [0.25, 0.3) is 5.69 Å². The molecule has 1 aliphatic carbocycles. The number of ether oxygens (including phenoxy) is 2. The number of nitrogens with zero attached hydrogens (tertiary/aromatic N) is 3. The maximum Gasteiger partial charge on any atom is 0.324 e. The first kappa shape index (κ1) is 33.9. The van der Waals surface area contributed by atoms with Crippen LogP contribution in [-0.4, -0.2) is 40.6 Å². The van der Waals surface area contributed by atoms with Crippen LogP contribution < -0.4 is 10.6 Å². The van der Waals surface area contributed by atoms with E-state index in [0.717, 1.165) is 73.0 Å². The molecule has 11 heteroatoms. The Kier molecular flexibility index (Phi) is 9.21. The largest absolute Gasteiger partial charge is 0.464 e. The highest BCUT2D eigenvalue weighted by atomic mass is 32.2. The second-order valence-electron chi connectivity index (χ2n) is 14.8. The number of amides is 2. The van der Waals surface area contributed by atoms with E-state index in [2.05, 4.69) is 43.5 Å². The molecule has 2 bridgehead atoms. The Bertz CT molecular complexity index is 1990. The number of allylic oxidation sites excluding steroid dienone is 4. The Hall–Kier alpha value is -4.61. The summed E-state index contributed by atoms with van der Waals surface area (Å²) >= 11 is 0. The van der Waals surface area contributed by atoms with Crippen molar-refractivity contribution in [2.24, 2.45) is 5.92 Å². The molecule has 1 aromatic heterocycles. The van der Waals surface area contributed by atoms with Crippen molar-refractivity contribution in [3.8, 4) is 5.69 Å². The fraction of sp³-hybridized carbons (Fsp3) is 0.385. The Labute approximate surface area is 294 Å². The van der Waals surface area contributed by atoms with E-state index < -0.39 is 10.0 Å². The number of nitrogens with one attached hydrogen (secondary N) is 2. The lowest BCUT2D eigenvalue weighted by Gasteiger charge is -2.38. The first-order valence-corrected chi connectivity index (χ1v) is 18.9. The zero-order chi connectivity index (χ0) is 35.0. The molecule has 2 aromatic carbocycles. The van der Waals surface area contributed by atoms with Gasteiger partial charge in [-0.1, -0.05) is 68.8 Å². The lowest BCUT2D eigenvalue weighted by atomic mass is 9.87. The maximum absolute atomic E-state index is 13.9. The Morgan fingerprint density at radius 1 is 1.00 bits per heavy atom. The van der Waals surface area contributed by atoms with Gasteiger partial charge in [0.2, 0.25) is 0 Å². The van der Waals surface area contributed by atoms with Crippen LogP contribution in [0.4, 0.5) is 16.3 Å². The summed E-state index contributed by atoms with van der Waals surface area (Å²) in [6, 6.07) is 17.3. The number of hydrogen-bond donors (Lipinski definition) is 2. The number of hydrogen-bond acceptors (Lipinski definition) is 6. The Morgan fingerprint density at radius 2 is 1.76 bits per heavy atom. The number of sulfonamides is 1. The molecule has 10 nitrogen and oxygen atoms in total. The van der Waals surface area contributed by atoms with Gasteiger partial charge in [-0.2, -0.15) is 9.40 Å². The molecule has 2 atom stereocenters. The van der Waals surface area contributed by atoms with Crippen LogP contribution in [0.3, 0.4) is 0 Å². The van der Waals surface area contributed by atoms with E-state index in [9.17, 15) is 13.2 Å². The number of benzene rings is 2. The Balaban J connectivity index is 0.991. The molecule has 262 valence electrons. The van der Waals surface area contributed by atoms with Crippen molar-refractivity contribution in [2.75, 3.05) is 10.6 Å². The molecule has 4 aliphatic rings. The fourth-order valence-corrected chi connectivity index (χ4v) is 9.14. The van der Waals surface area contributed by atoms with Crippen LogP contribution >= 0.6 is 0 Å². The summed E-state index contributed by atoms with van der Waals surface area (Å²) in [5.41, 5.74) is 5.39. The smallest absolute Gasteiger partial charge is 0.324 e. The number of rotatable bonds is 8. The number of piperidine rings is 1. The third-order valence-electron chi connectivity index (χ3n) is 9.88. The van der Waals surface area contributed by atoms with Gasteiger partial charge in [0.15, 0.2) is 5.76 Å². The van der Waals surface area contributed by atoms with Crippen molar-refractivity contribution in [1.29, 1.82) is 0 Å². The lowest BCUT2D eigenvalue weighted by molar-refractivity contribution is 0.182. The molecule has 4 heterocycles. The van der Waals surface area contributed by atoms with E-state index in [1.54, 1.807) is 8.99 Å². The molecular weight excluding hydrogens is 651 g/mol. The minimum atomic E-state index is -3.86. The van der Waals surface area contributed by atoms with E-state index in [1.807, 2.05) is 67.6 Å². The van der Waals surface area contributed by atoms with Crippen molar-refractivity contribution < 1.29 is 22.7 Å². The average molecular weight is 696 g/mol. The standard InChI is InChI=1S/C39H45N5O5S/c1-26-13-15-31(16-14-26)43-36(23-35(42-43)39(2,3)4)41-38(45)40-30-12-8-9-27(20-30)19-28-21-32-17-18-33(22-28)44(32)50(46,47)37-25-48-24-34(49-37)29-10-6-5-7-11-29/h5-6,8-10,12-16,20,23-25,28,32-33H,7,11,17-19,21-22H2,1-4H3,(H2,40,41,45). The van der Waals surface area contributed by atoms with Gasteiger partial charge < -0.3 is 14.8 Å². The highest BCUT2D eigenvalue weighted by Gasteiger charge is 2.49. The van der Waals surface area contributed by atoms with Gasteiger partial charge in [-0.25, -0.2) is 17.9 Å². The van der Waals surface area contributed by atoms with Crippen LogP contribution in [0.2, 0.25) is 0 Å². The molecule has 3 aromatic rings. The van der Waals surface area contributed by atoms with E-state index >= 15 is 0 Å². The van der Waals surface area contributed by atoms with Gasteiger partial charge in [0.25, 0.3) is 15.1 Å². The van der Waals surface area contributed by atoms with Gasteiger partial charge >= 0.3 is 6.03 Å². The van der Waals surface area contributed by atoms with E-state index in [4.69, 9.17) is 14.6 Å². The quantitative estimate of drug-likeness (QED) is 0.246. The minimum Gasteiger partial charge on any atom is -0.464 e. The van der Waals surface area contributed by atoms with E-state index in [1.165, 1.54) is 12.5 Å². The minimum absolute atomic E-state index is 0.0945. The fourth-order valence-electron chi connectivity index (χ4n) is 7.39. The summed E-state index contributed by atoms with van der Waals surface area (Å²) in [5, 5.41) is 10.7. The van der Waals surface area contributed by atoms with Gasteiger partial charge in [-0.3, -0.25) is 5.32 Å². The van der Waals surface area contributed by atoms with Gasteiger partial charge in [0.05, 0.1) is 11.4 Å². The molecular formula is C39H45N5O5S. The van der Waals surface area contributed by atoms with Crippen LogP contribution in [0, 0.1) is 12.8 Å². The first-order chi connectivity index (χ1) is 23.9. The molecule has 2 fully saturated rings. The number of aryl methyl sites for hydroxylation is 1. The summed E-state index contributed by atoms with van der Waals surface area (Å²) in [6.45, 7) is 8.32. The summed E-state index contributed by atoms with van der Waals surface area (Å²) in [6.07, 6.45) is 14.3. The molecule has 50 heavy (non-hydrogen) atoms. The van der Waals surface area contributed by atoms with Crippen molar-refractivity contribution >= 4 is 27.6 Å².